The molecule has 1 fully saturated rings. The van der Waals surface area contributed by atoms with Gasteiger partial charge in [-0.2, -0.15) is 13.2 Å². The maximum absolute atomic E-state index is 13.5. The van der Waals surface area contributed by atoms with E-state index in [1.165, 1.54) is 9.30 Å². The summed E-state index contributed by atoms with van der Waals surface area (Å²) in [6, 6.07) is 8.74. The fourth-order valence-electron chi connectivity index (χ4n) is 3.88. The fourth-order valence-corrected chi connectivity index (χ4v) is 4.93. The zero-order valence-corrected chi connectivity index (χ0v) is 17.4. The summed E-state index contributed by atoms with van der Waals surface area (Å²) < 4.78 is 55.1. The number of imidazole rings is 1. The van der Waals surface area contributed by atoms with Gasteiger partial charge in [0, 0.05) is 24.8 Å². The molecule has 1 amide bonds. The van der Waals surface area contributed by atoms with E-state index in [2.05, 4.69) is 9.97 Å². The SMILES string of the molecule is Nc1c(C(=O)N2CCC(F)CC2)sc2nc(-c3ccccc3)n3cc(C(F)(F)F)nc3c12. The number of amides is 1. The minimum atomic E-state index is -4.66. The molecule has 0 bridgehead atoms. The first-order chi connectivity index (χ1) is 15.2. The number of nitrogens with two attached hydrogens (primary N) is 1. The van der Waals surface area contributed by atoms with Crippen molar-refractivity contribution in [1.29, 1.82) is 0 Å². The van der Waals surface area contributed by atoms with Crippen molar-refractivity contribution in [1.82, 2.24) is 19.3 Å². The lowest BCUT2D eigenvalue weighted by Gasteiger charge is -2.28. The highest BCUT2D eigenvalue weighted by Gasteiger charge is 2.36. The summed E-state index contributed by atoms with van der Waals surface area (Å²) in [5.41, 5.74) is 5.80. The first-order valence-corrected chi connectivity index (χ1v) is 10.7. The first-order valence-electron chi connectivity index (χ1n) is 9.91. The third-order valence-corrected chi connectivity index (χ3v) is 6.61. The van der Waals surface area contributed by atoms with Crippen LogP contribution in [0.4, 0.5) is 23.2 Å². The van der Waals surface area contributed by atoms with E-state index >= 15 is 0 Å². The fraction of sp³-hybridized carbons (Fsp3) is 0.286. The Balaban J connectivity index is 1.72. The number of hydrogen-bond donors (Lipinski definition) is 1. The molecule has 4 heterocycles. The predicted octanol–water partition coefficient (Wildman–Crippen LogP) is 4.79. The van der Waals surface area contributed by atoms with Gasteiger partial charge in [0.2, 0.25) is 0 Å². The molecular weight excluding hydrogens is 446 g/mol. The van der Waals surface area contributed by atoms with Gasteiger partial charge in [-0.15, -0.1) is 11.3 Å². The van der Waals surface area contributed by atoms with Gasteiger partial charge in [-0.3, -0.25) is 9.20 Å². The Bertz CT molecular complexity index is 1320. The molecule has 0 aliphatic carbocycles. The van der Waals surface area contributed by atoms with Crippen LogP contribution in [0.1, 0.15) is 28.2 Å². The molecule has 0 unspecified atom stereocenters. The molecule has 6 nitrogen and oxygen atoms in total. The number of rotatable bonds is 2. The summed E-state index contributed by atoms with van der Waals surface area (Å²) in [5, 5.41) is 0.203. The lowest BCUT2D eigenvalue weighted by atomic mass is 10.1. The van der Waals surface area contributed by atoms with E-state index < -0.39 is 18.0 Å². The number of alkyl halides is 4. The number of hydrogen-bond acceptors (Lipinski definition) is 5. The molecule has 2 N–H and O–H groups in total. The van der Waals surface area contributed by atoms with Gasteiger partial charge >= 0.3 is 6.18 Å². The standard InChI is InChI=1S/C21H17F4N5OS/c22-12-6-8-29(9-7-12)20(31)16-15(26)14-18-27-13(21(23,24)25)10-30(18)17(28-19(14)32-16)11-4-2-1-3-5-11/h1-5,10,12H,6-9,26H2. The Labute approximate surface area is 183 Å². The number of benzene rings is 1. The molecule has 32 heavy (non-hydrogen) atoms. The molecule has 0 saturated carbocycles. The minimum Gasteiger partial charge on any atom is -0.397 e. The van der Waals surface area contributed by atoms with E-state index in [0.717, 1.165) is 17.5 Å². The largest absolute Gasteiger partial charge is 0.434 e. The summed E-state index contributed by atoms with van der Waals surface area (Å²) >= 11 is 1.01. The zero-order chi connectivity index (χ0) is 22.6. The van der Waals surface area contributed by atoms with Crippen molar-refractivity contribution in [3.63, 3.8) is 0 Å². The van der Waals surface area contributed by atoms with Crippen LogP contribution >= 0.6 is 11.3 Å². The van der Waals surface area contributed by atoms with Gasteiger partial charge in [0.1, 0.15) is 21.7 Å². The zero-order valence-electron chi connectivity index (χ0n) is 16.6. The van der Waals surface area contributed by atoms with E-state index in [9.17, 15) is 22.4 Å². The van der Waals surface area contributed by atoms with E-state index in [4.69, 9.17) is 5.73 Å². The number of carbonyl (C=O) groups is 1. The van der Waals surface area contributed by atoms with Crippen molar-refractivity contribution in [3.8, 4) is 11.4 Å². The second kappa shape index (κ2) is 7.44. The summed E-state index contributed by atoms with van der Waals surface area (Å²) in [4.78, 5) is 23.4. The quantitative estimate of drug-likeness (QED) is 0.434. The molecule has 0 radical (unpaired) electrons. The van der Waals surface area contributed by atoms with Crippen LogP contribution in [0.5, 0.6) is 0 Å². The Morgan fingerprint density at radius 3 is 2.47 bits per heavy atom. The highest BCUT2D eigenvalue weighted by Crippen LogP contribution is 2.39. The van der Waals surface area contributed by atoms with Gasteiger partial charge in [-0.1, -0.05) is 30.3 Å². The third-order valence-electron chi connectivity index (χ3n) is 5.52. The van der Waals surface area contributed by atoms with Crippen molar-refractivity contribution >= 4 is 38.8 Å². The lowest BCUT2D eigenvalue weighted by molar-refractivity contribution is -0.140. The van der Waals surface area contributed by atoms with Crippen molar-refractivity contribution in [2.24, 2.45) is 0 Å². The van der Waals surface area contributed by atoms with Gasteiger partial charge in [-0.05, 0) is 12.8 Å². The molecule has 1 saturated heterocycles. The number of aromatic nitrogens is 3. The second-order valence-electron chi connectivity index (χ2n) is 7.61. The van der Waals surface area contributed by atoms with Crippen LogP contribution in [-0.2, 0) is 6.18 Å². The Morgan fingerprint density at radius 1 is 1.12 bits per heavy atom. The molecule has 1 aromatic carbocycles. The maximum atomic E-state index is 13.5. The van der Waals surface area contributed by atoms with Crippen LogP contribution in [-0.4, -0.2) is 44.4 Å². The van der Waals surface area contributed by atoms with Crippen molar-refractivity contribution in [2.45, 2.75) is 25.2 Å². The van der Waals surface area contributed by atoms with E-state index in [0.29, 0.717) is 10.4 Å². The molecule has 1 aliphatic rings. The Hall–Kier alpha value is -3.21. The molecule has 166 valence electrons. The number of carbonyl (C=O) groups excluding carboxylic acids is 1. The highest BCUT2D eigenvalue weighted by atomic mass is 32.1. The topological polar surface area (TPSA) is 76.5 Å². The van der Waals surface area contributed by atoms with Gasteiger partial charge in [0.25, 0.3) is 5.91 Å². The molecule has 0 spiro atoms. The van der Waals surface area contributed by atoms with Crippen molar-refractivity contribution in [3.05, 3.63) is 47.1 Å². The number of halogens is 4. The van der Waals surface area contributed by atoms with Crippen molar-refractivity contribution in [2.75, 3.05) is 18.8 Å². The Morgan fingerprint density at radius 2 is 1.81 bits per heavy atom. The highest BCUT2D eigenvalue weighted by molar-refractivity contribution is 7.21. The van der Waals surface area contributed by atoms with Crippen LogP contribution in [0.25, 0.3) is 27.3 Å². The van der Waals surface area contributed by atoms with Crippen LogP contribution in [0.3, 0.4) is 0 Å². The van der Waals surface area contributed by atoms with Gasteiger partial charge < -0.3 is 10.6 Å². The number of nitrogens with zero attached hydrogens (tertiary/aromatic N) is 4. The predicted molar refractivity (Wildman–Crippen MR) is 113 cm³/mol. The van der Waals surface area contributed by atoms with Crippen LogP contribution < -0.4 is 5.73 Å². The van der Waals surface area contributed by atoms with Crippen LogP contribution in [0.15, 0.2) is 36.5 Å². The number of fused-ring (bicyclic) bond motifs is 3. The maximum Gasteiger partial charge on any atom is 0.434 e. The molecule has 5 rings (SSSR count). The van der Waals surface area contributed by atoms with Crippen LogP contribution in [0, 0.1) is 0 Å². The van der Waals surface area contributed by atoms with E-state index in [1.807, 2.05) is 0 Å². The molecule has 4 aromatic rings. The van der Waals surface area contributed by atoms with Gasteiger partial charge in [0.15, 0.2) is 11.3 Å². The molecular formula is C21H17F4N5OS. The van der Waals surface area contributed by atoms with Gasteiger partial charge in [0.05, 0.1) is 11.1 Å². The molecule has 0 atom stereocenters. The number of nitrogen functional groups attached to an aromatic ring is 1. The third kappa shape index (κ3) is 3.36. The molecule has 3 aromatic heterocycles. The average molecular weight is 463 g/mol. The number of piperidine rings is 1. The molecule has 11 heteroatoms. The van der Waals surface area contributed by atoms with Crippen LogP contribution in [0.2, 0.25) is 0 Å². The molecule has 1 aliphatic heterocycles. The minimum absolute atomic E-state index is 0.0172. The van der Waals surface area contributed by atoms with E-state index in [1.54, 1.807) is 30.3 Å². The number of thiophene rings is 1. The summed E-state index contributed by atoms with van der Waals surface area (Å²) in [6.45, 7) is 0.515. The van der Waals surface area contributed by atoms with E-state index in [-0.39, 0.29) is 59.3 Å². The number of anilines is 1. The summed E-state index contributed by atoms with van der Waals surface area (Å²) in [6.07, 6.45) is -4.24. The first kappa shape index (κ1) is 20.7. The average Bonchev–Trinajstić information content (AvgIpc) is 3.35. The van der Waals surface area contributed by atoms with Gasteiger partial charge in [-0.25, -0.2) is 14.4 Å². The smallest absolute Gasteiger partial charge is 0.397 e. The Kier molecular flexibility index (Phi) is 4.81. The second-order valence-corrected chi connectivity index (χ2v) is 8.61. The van der Waals surface area contributed by atoms with Crippen molar-refractivity contribution < 1.29 is 22.4 Å². The number of likely N-dealkylation sites (tertiary alicyclic amines) is 1. The summed E-state index contributed by atoms with van der Waals surface area (Å²) in [5.74, 6) is -0.117. The summed E-state index contributed by atoms with van der Waals surface area (Å²) in [7, 11) is 0. The lowest BCUT2D eigenvalue weighted by Crippen LogP contribution is -2.38. The normalized spacial score (nSPS) is 15.7. The monoisotopic (exact) mass is 463 g/mol.